The lowest BCUT2D eigenvalue weighted by Gasteiger charge is -2.03. The molecule has 0 aliphatic carbocycles. The third-order valence-corrected chi connectivity index (χ3v) is 5.23. The molecule has 0 spiro atoms. The SMILES string of the molecule is CC(C(N)=O)c1nc(-c2ccc(F)cc2)c(-c2ccc(S(C)(=O)=O)cc2)o1. The van der Waals surface area contributed by atoms with Gasteiger partial charge in [-0.05, 0) is 55.5 Å². The molecule has 0 radical (unpaired) electrons. The highest BCUT2D eigenvalue weighted by molar-refractivity contribution is 7.90. The second kappa shape index (κ2) is 6.96. The molecular weight excluding hydrogens is 371 g/mol. The maximum absolute atomic E-state index is 13.3. The Morgan fingerprint density at radius 3 is 2.15 bits per heavy atom. The van der Waals surface area contributed by atoms with Crippen LogP contribution < -0.4 is 5.73 Å². The third-order valence-electron chi connectivity index (χ3n) is 4.10. The summed E-state index contributed by atoms with van der Waals surface area (Å²) in [4.78, 5) is 16.0. The van der Waals surface area contributed by atoms with E-state index in [-0.39, 0.29) is 10.8 Å². The Hall–Kier alpha value is -3.00. The molecule has 1 unspecified atom stereocenters. The lowest BCUT2D eigenvalue weighted by atomic mass is 10.1. The lowest BCUT2D eigenvalue weighted by Crippen LogP contribution is -2.18. The van der Waals surface area contributed by atoms with E-state index in [1.807, 2.05) is 0 Å². The topological polar surface area (TPSA) is 103 Å². The van der Waals surface area contributed by atoms with Gasteiger partial charge in [0.2, 0.25) is 11.8 Å². The van der Waals surface area contributed by atoms with E-state index in [0.717, 1.165) is 6.26 Å². The zero-order valence-corrected chi connectivity index (χ0v) is 15.5. The number of sulfone groups is 1. The monoisotopic (exact) mass is 388 g/mol. The summed E-state index contributed by atoms with van der Waals surface area (Å²) in [7, 11) is -3.34. The Bertz CT molecular complexity index is 1090. The van der Waals surface area contributed by atoms with Gasteiger partial charge in [-0.25, -0.2) is 17.8 Å². The Balaban J connectivity index is 2.15. The Morgan fingerprint density at radius 1 is 1.07 bits per heavy atom. The van der Waals surface area contributed by atoms with E-state index in [2.05, 4.69) is 4.98 Å². The van der Waals surface area contributed by atoms with Crippen molar-refractivity contribution in [2.24, 2.45) is 5.73 Å². The van der Waals surface area contributed by atoms with Crippen molar-refractivity contribution in [3.05, 3.63) is 60.2 Å². The summed E-state index contributed by atoms with van der Waals surface area (Å²) in [6, 6.07) is 11.7. The van der Waals surface area contributed by atoms with Crippen LogP contribution in [0.2, 0.25) is 0 Å². The Morgan fingerprint density at radius 2 is 1.63 bits per heavy atom. The molecule has 2 N–H and O–H groups in total. The van der Waals surface area contributed by atoms with Crippen LogP contribution in [-0.4, -0.2) is 25.6 Å². The number of hydrogen-bond donors (Lipinski definition) is 1. The number of benzene rings is 2. The maximum Gasteiger partial charge on any atom is 0.229 e. The molecule has 3 aromatic rings. The van der Waals surface area contributed by atoms with Crippen LogP contribution in [0.15, 0.2) is 57.8 Å². The molecule has 0 saturated carbocycles. The van der Waals surface area contributed by atoms with Crippen molar-refractivity contribution in [1.82, 2.24) is 4.98 Å². The molecule has 0 aliphatic heterocycles. The summed E-state index contributed by atoms with van der Waals surface area (Å²) in [6.45, 7) is 1.57. The molecule has 0 aliphatic rings. The molecule has 1 atom stereocenters. The van der Waals surface area contributed by atoms with Gasteiger partial charge in [0, 0.05) is 17.4 Å². The number of amides is 1. The lowest BCUT2D eigenvalue weighted by molar-refractivity contribution is -0.119. The van der Waals surface area contributed by atoms with E-state index in [1.54, 1.807) is 31.2 Å². The summed E-state index contributed by atoms with van der Waals surface area (Å²) >= 11 is 0. The molecule has 0 saturated heterocycles. The van der Waals surface area contributed by atoms with Gasteiger partial charge in [-0.1, -0.05) is 0 Å². The van der Waals surface area contributed by atoms with Gasteiger partial charge in [0.05, 0.1) is 4.90 Å². The first-order chi connectivity index (χ1) is 12.7. The molecule has 2 aromatic carbocycles. The zero-order valence-electron chi connectivity index (χ0n) is 14.6. The fraction of sp³-hybridized carbons (Fsp3) is 0.158. The highest BCUT2D eigenvalue weighted by atomic mass is 32.2. The van der Waals surface area contributed by atoms with Crippen LogP contribution >= 0.6 is 0 Å². The number of hydrogen-bond acceptors (Lipinski definition) is 5. The van der Waals surface area contributed by atoms with Gasteiger partial charge in [-0.2, -0.15) is 0 Å². The Kier molecular flexibility index (Phi) is 4.84. The number of nitrogens with two attached hydrogens (primary N) is 1. The van der Waals surface area contributed by atoms with Crippen molar-refractivity contribution < 1.29 is 22.0 Å². The van der Waals surface area contributed by atoms with Gasteiger partial charge >= 0.3 is 0 Å². The molecule has 1 aromatic heterocycles. The van der Waals surface area contributed by atoms with Gasteiger partial charge in [-0.15, -0.1) is 0 Å². The van der Waals surface area contributed by atoms with E-state index in [4.69, 9.17) is 10.2 Å². The molecule has 140 valence electrons. The minimum Gasteiger partial charge on any atom is -0.439 e. The van der Waals surface area contributed by atoms with Crippen molar-refractivity contribution in [2.45, 2.75) is 17.7 Å². The summed E-state index contributed by atoms with van der Waals surface area (Å²) in [5.74, 6) is -1.28. The average Bonchev–Trinajstić information content (AvgIpc) is 3.06. The van der Waals surface area contributed by atoms with Crippen molar-refractivity contribution in [2.75, 3.05) is 6.26 Å². The molecular formula is C19H17FN2O4S. The normalized spacial score (nSPS) is 12.7. The number of nitrogens with zero attached hydrogens (tertiary/aromatic N) is 1. The standard InChI is InChI=1S/C19H17FN2O4S/c1-11(18(21)23)19-22-16(12-3-7-14(20)8-4-12)17(26-19)13-5-9-15(10-6-13)27(2,24)25/h3-11H,1-2H3,(H2,21,23). The fourth-order valence-corrected chi connectivity index (χ4v) is 3.13. The van der Waals surface area contributed by atoms with Crippen LogP contribution in [0.3, 0.4) is 0 Å². The van der Waals surface area contributed by atoms with Gasteiger partial charge in [0.15, 0.2) is 15.6 Å². The minimum absolute atomic E-state index is 0.129. The fourth-order valence-electron chi connectivity index (χ4n) is 2.50. The molecule has 3 rings (SSSR count). The van der Waals surface area contributed by atoms with Crippen molar-refractivity contribution in [3.63, 3.8) is 0 Å². The summed E-state index contributed by atoms with van der Waals surface area (Å²) < 4.78 is 42.3. The number of carbonyl (C=O) groups is 1. The number of carbonyl (C=O) groups excluding carboxylic acids is 1. The van der Waals surface area contributed by atoms with E-state index >= 15 is 0 Å². The van der Waals surface area contributed by atoms with Crippen molar-refractivity contribution in [3.8, 4) is 22.6 Å². The summed E-state index contributed by atoms with van der Waals surface area (Å²) in [6.07, 6.45) is 1.12. The average molecular weight is 388 g/mol. The van der Waals surface area contributed by atoms with E-state index < -0.39 is 27.5 Å². The second-order valence-corrected chi connectivity index (χ2v) is 8.17. The van der Waals surface area contributed by atoms with E-state index in [1.165, 1.54) is 24.3 Å². The van der Waals surface area contributed by atoms with E-state index in [9.17, 15) is 17.6 Å². The molecule has 1 amide bonds. The summed E-state index contributed by atoms with van der Waals surface area (Å²) in [5.41, 5.74) is 6.90. The quantitative estimate of drug-likeness (QED) is 0.723. The van der Waals surface area contributed by atoms with Crippen LogP contribution in [0.5, 0.6) is 0 Å². The van der Waals surface area contributed by atoms with Crippen LogP contribution in [0.25, 0.3) is 22.6 Å². The first-order valence-electron chi connectivity index (χ1n) is 8.03. The minimum atomic E-state index is -3.34. The zero-order chi connectivity index (χ0) is 19.8. The third kappa shape index (κ3) is 3.90. The molecule has 0 fully saturated rings. The Labute approximate surface area is 155 Å². The second-order valence-electron chi connectivity index (χ2n) is 6.16. The maximum atomic E-state index is 13.3. The smallest absolute Gasteiger partial charge is 0.229 e. The van der Waals surface area contributed by atoms with Crippen LogP contribution in [-0.2, 0) is 14.6 Å². The van der Waals surface area contributed by atoms with Gasteiger partial charge in [0.25, 0.3) is 0 Å². The van der Waals surface area contributed by atoms with Crippen LogP contribution in [0.1, 0.15) is 18.7 Å². The molecule has 8 heteroatoms. The largest absolute Gasteiger partial charge is 0.439 e. The molecule has 27 heavy (non-hydrogen) atoms. The van der Waals surface area contributed by atoms with E-state index in [0.29, 0.717) is 22.6 Å². The highest BCUT2D eigenvalue weighted by Gasteiger charge is 2.23. The van der Waals surface area contributed by atoms with Crippen LogP contribution in [0, 0.1) is 5.82 Å². The number of aromatic nitrogens is 1. The van der Waals surface area contributed by atoms with Crippen molar-refractivity contribution in [1.29, 1.82) is 0 Å². The first kappa shape index (κ1) is 18.8. The highest BCUT2D eigenvalue weighted by Crippen LogP contribution is 2.35. The predicted octanol–water partition coefficient (Wildman–Crippen LogP) is 3.14. The predicted molar refractivity (Wildman–Crippen MR) is 98.1 cm³/mol. The number of primary amides is 1. The van der Waals surface area contributed by atoms with Gasteiger partial charge in [0.1, 0.15) is 17.4 Å². The number of oxazole rings is 1. The molecule has 0 bridgehead atoms. The van der Waals surface area contributed by atoms with Crippen LogP contribution in [0.4, 0.5) is 4.39 Å². The molecule has 1 heterocycles. The number of rotatable bonds is 5. The summed E-state index contributed by atoms with van der Waals surface area (Å²) in [5, 5.41) is 0. The first-order valence-corrected chi connectivity index (χ1v) is 9.92. The van der Waals surface area contributed by atoms with Gasteiger partial charge < -0.3 is 10.2 Å². The molecule has 6 nitrogen and oxygen atoms in total. The van der Waals surface area contributed by atoms with Crippen molar-refractivity contribution >= 4 is 15.7 Å². The van der Waals surface area contributed by atoms with Gasteiger partial charge in [-0.3, -0.25) is 4.79 Å². The number of halogens is 1.